The summed E-state index contributed by atoms with van der Waals surface area (Å²) in [4.78, 5) is 12.1. The lowest BCUT2D eigenvalue weighted by molar-refractivity contribution is -0.116. The molecule has 3 rings (SSSR count). The molecule has 1 aliphatic heterocycles. The van der Waals surface area contributed by atoms with Crippen LogP contribution in [0.1, 0.15) is 54.5 Å². The number of carbonyl (C=O) groups excluding carboxylic acids is 1. The van der Waals surface area contributed by atoms with Gasteiger partial charge in [-0.3, -0.25) is 4.79 Å². The number of amides is 1. The van der Waals surface area contributed by atoms with Crippen molar-refractivity contribution in [1.82, 2.24) is 9.78 Å². The molecule has 4 nitrogen and oxygen atoms in total. The van der Waals surface area contributed by atoms with Crippen LogP contribution in [0, 0.1) is 13.8 Å². The van der Waals surface area contributed by atoms with Crippen LogP contribution in [0.5, 0.6) is 0 Å². The van der Waals surface area contributed by atoms with Gasteiger partial charge in [0.05, 0.1) is 6.20 Å². The summed E-state index contributed by atoms with van der Waals surface area (Å²) in [5.74, 6) is 1.01. The second-order valence-corrected chi connectivity index (χ2v) is 6.14. The van der Waals surface area contributed by atoms with Gasteiger partial charge in [-0.25, -0.2) is 4.68 Å². The highest BCUT2D eigenvalue weighted by atomic mass is 16.1. The fourth-order valence-corrected chi connectivity index (χ4v) is 2.91. The van der Waals surface area contributed by atoms with Gasteiger partial charge in [0, 0.05) is 23.9 Å². The minimum absolute atomic E-state index is 0.0631. The molecular formula is C17H21N3O. The second kappa shape index (κ2) is 5.02. The summed E-state index contributed by atoms with van der Waals surface area (Å²) in [6.45, 7) is 8.35. The third-order valence-electron chi connectivity index (χ3n) is 4.27. The second-order valence-electron chi connectivity index (χ2n) is 6.14. The summed E-state index contributed by atoms with van der Waals surface area (Å²) in [5, 5.41) is 7.43. The lowest BCUT2D eigenvalue weighted by Gasteiger charge is -2.25. The highest BCUT2D eigenvalue weighted by molar-refractivity contribution is 5.94. The van der Waals surface area contributed by atoms with Gasteiger partial charge in [0.1, 0.15) is 5.82 Å². The molecular weight excluding hydrogens is 262 g/mol. The fraction of sp³-hybridized carbons (Fsp3) is 0.412. The van der Waals surface area contributed by atoms with E-state index in [1.54, 1.807) is 0 Å². The van der Waals surface area contributed by atoms with E-state index in [0.29, 0.717) is 6.42 Å². The lowest BCUT2D eigenvalue weighted by atomic mass is 9.86. The number of aromatic nitrogens is 2. The van der Waals surface area contributed by atoms with E-state index >= 15 is 0 Å². The molecule has 0 unspecified atom stereocenters. The standard InChI is InChI=1S/C17H21N3O/c1-10(2)20-17-15(9-18-20)14(8-16(21)19-17)13-6-5-11(3)12(4)7-13/h5-7,9-10,14H,8H2,1-4H3,(H,19,21)/t14-/m1/s1. The van der Waals surface area contributed by atoms with Crippen LogP contribution in [0.25, 0.3) is 0 Å². The Labute approximate surface area is 125 Å². The number of anilines is 1. The van der Waals surface area contributed by atoms with Crippen LogP contribution >= 0.6 is 0 Å². The van der Waals surface area contributed by atoms with Gasteiger partial charge in [-0.2, -0.15) is 5.10 Å². The normalized spacial score (nSPS) is 17.8. The average Bonchev–Trinajstić information content (AvgIpc) is 2.84. The molecule has 1 amide bonds. The van der Waals surface area contributed by atoms with Crippen LogP contribution in [0.3, 0.4) is 0 Å². The van der Waals surface area contributed by atoms with Crippen molar-refractivity contribution in [3.63, 3.8) is 0 Å². The van der Waals surface area contributed by atoms with Gasteiger partial charge < -0.3 is 5.32 Å². The van der Waals surface area contributed by atoms with E-state index in [4.69, 9.17) is 0 Å². The predicted octanol–water partition coefficient (Wildman–Crippen LogP) is 3.55. The van der Waals surface area contributed by atoms with Gasteiger partial charge in [-0.05, 0) is 44.4 Å². The zero-order valence-corrected chi connectivity index (χ0v) is 13.0. The summed E-state index contributed by atoms with van der Waals surface area (Å²) in [6.07, 6.45) is 2.38. The van der Waals surface area contributed by atoms with Gasteiger partial charge in [0.25, 0.3) is 0 Å². The molecule has 0 saturated heterocycles. The zero-order chi connectivity index (χ0) is 15.1. The number of benzene rings is 1. The first-order chi connectivity index (χ1) is 9.97. The van der Waals surface area contributed by atoms with E-state index in [0.717, 1.165) is 11.4 Å². The predicted molar refractivity (Wildman–Crippen MR) is 83.6 cm³/mol. The molecule has 1 aromatic carbocycles. The van der Waals surface area contributed by atoms with Gasteiger partial charge >= 0.3 is 0 Å². The van der Waals surface area contributed by atoms with Gasteiger partial charge in [-0.15, -0.1) is 0 Å². The molecule has 0 radical (unpaired) electrons. The number of carbonyl (C=O) groups is 1. The average molecular weight is 283 g/mol. The monoisotopic (exact) mass is 283 g/mol. The number of rotatable bonds is 2. The molecule has 1 aromatic heterocycles. The Morgan fingerprint density at radius 3 is 2.71 bits per heavy atom. The van der Waals surface area contributed by atoms with Crippen LogP contribution < -0.4 is 5.32 Å². The third-order valence-corrected chi connectivity index (χ3v) is 4.27. The molecule has 2 aromatic rings. The van der Waals surface area contributed by atoms with E-state index in [2.05, 4.69) is 56.3 Å². The Hall–Kier alpha value is -2.10. The number of nitrogens with zero attached hydrogens (tertiary/aromatic N) is 2. The van der Waals surface area contributed by atoms with Crippen LogP contribution in [-0.4, -0.2) is 15.7 Å². The Morgan fingerprint density at radius 1 is 1.29 bits per heavy atom. The topological polar surface area (TPSA) is 46.9 Å². The highest BCUT2D eigenvalue weighted by Crippen LogP contribution is 2.38. The van der Waals surface area contributed by atoms with E-state index in [9.17, 15) is 4.79 Å². The van der Waals surface area contributed by atoms with Crippen LogP contribution in [-0.2, 0) is 4.79 Å². The van der Waals surface area contributed by atoms with Crippen molar-refractivity contribution >= 4 is 11.7 Å². The first kappa shape index (κ1) is 13.9. The van der Waals surface area contributed by atoms with E-state index in [-0.39, 0.29) is 17.9 Å². The molecule has 110 valence electrons. The molecule has 0 spiro atoms. The van der Waals surface area contributed by atoms with Crippen molar-refractivity contribution in [2.75, 3.05) is 5.32 Å². The maximum atomic E-state index is 12.1. The maximum Gasteiger partial charge on any atom is 0.226 e. The quantitative estimate of drug-likeness (QED) is 0.916. The maximum absolute atomic E-state index is 12.1. The number of fused-ring (bicyclic) bond motifs is 1. The summed E-state index contributed by atoms with van der Waals surface area (Å²) in [7, 11) is 0. The molecule has 1 N–H and O–H groups in total. The van der Waals surface area contributed by atoms with Crippen LogP contribution in [0.15, 0.2) is 24.4 Å². The molecule has 0 bridgehead atoms. The first-order valence-corrected chi connectivity index (χ1v) is 7.41. The molecule has 1 aliphatic rings. The third kappa shape index (κ3) is 2.35. The summed E-state index contributed by atoms with van der Waals surface area (Å²) in [5.41, 5.74) is 4.84. The Balaban J connectivity index is 2.09. The minimum Gasteiger partial charge on any atom is -0.311 e. The molecule has 0 saturated carbocycles. The van der Waals surface area contributed by atoms with Crippen molar-refractivity contribution in [3.05, 3.63) is 46.6 Å². The van der Waals surface area contributed by atoms with Crippen molar-refractivity contribution in [2.24, 2.45) is 0 Å². The van der Waals surface area contributed by atoms with E-state index < -0.39 is 0 Å². The summed E-state index contributed by atoms with van der Waals surface area (Å²) >= 11 is 0. The summed E-state index contributed by atoms with van der Waals surface area (Å²) in [6, 6.07) is 6.67. The molecule has 21 heavy (non-hydrogen) atoms. The minimum atomic E-state index is 0.0631. The SMILES string of the molecule is Cc1ccc([C@H]2CC(=O)Nc3c2cnn3C(C)C)cc1C. The smallest absolute Gasteiger partial charge is 0.226 e. The van der Waals surface area contributed by atoms with Crippen molar-refractivity contribution < 1.29 is 4.79 Å². The van der Waals surface area contributed by atoms with Crippen molar-refractivity contribution in [3.8, 4) is 0 Å². The number of aryl methyl sites for hydroxylation is 2. The van der Waals surface area contributed by atoms with Crippen molar-refractivity contribution in [1.29, 1.82) is 0 Å². The van der Waals surface area contributed by atoms with Crippen LogP contribution in [0.2, 0.25) is 0 Å². The summed E-state index contributed by atoms with van der Waals surface area (Å²) < 4.78 is 1.89. The first-order valence-electron chi connectivity index (χ1n) is 7.41. The van der Waals surface area contributed by atoms with Gasteiger partial charge in [-0.1, -0.05) is 18.2 Å². The Kier molecular flexibility index (Phi) is 3.32. The molecule has 4 heteroatoms. The number of hydrogen-bond acceptors (Lipinski definition) is 2. The highest BCUT2D eigenvalue weighted by Gasteiger charge is 2.30. The van der Waals surface area contributed by atoms with Gasteiger partial charge in [0.2, 0.25) is 5.91 Å². The van der Waals surface area contributed by atoms with Gasteiger partial charge in [0.15, 0.2) is 0 Å². The fourth-order valence-electron chi connectivity index (χ4n) is 2.91. The number of hydrogen-bond donors (Lipinski definition) is 1. The van der Waals surface area contributed by atoms with E-state index in [1.807, 2.05) is 10.9 Å². The largest absolute Gasteiger partial charge is 0.311 e. The lowest BCUT2D eigenvalue weighted by Crippen LogP contribution is -2.25. The molecule has 1 atom stereocenters. The van der Waals surface area contributed by atoms with Crippen LogP contribution in [0.4, 0.5) is 5.82 Å². The zero-order valence-electron chi connectivity index (χ0n) is 13.0. The Morgan fingerprint density at radius 2 is 2.05 bits per heavy atom. The Bertz CT molecular complexity index is 700. The number of nitrogens with one attached hydrogen (secondary N) is 1. The molecule has 2 heterocycles. The molecule has 0 fully saturated rings. The molecule has 0 aliphatic carbocycles. The van der Waals surface area contributed by atoms with E-state index in [1.165, 1.54) is 16.7 Å². The van der Waals surface area contributed by atoms with Crippen molar-refractivity contribution in [2.45, 2.75) is 46.1 Å².